The first-order valence-corrected chi connectivity index (χ1v) is 18.5. The second-order valence-electron chi connectivity index (χ2n) is 11.9. The molecule has 0 atom stereocenters. The van der Waals surface area contributed by atoms with E-state index in [0.717, 1.165) is 68.6 Å². The van der Waals surface area contributed by atoms with E-state index in [1.165, 1.54) is 0 Å². The van der Waals surface area contributed by atoms with E-state index in [9.17, 15) is 0 Å². The minimum Gasteiger partial charge on any atom is -0.497 e. The molecule has 0 unspecified atom stereocenters. The Balaban J connectivity index is 0.000000242. The van der Waals surface area contributed by atoms with E-state index in [1.54, 1.807) is 79.9 Å². The van der Waals surface area contributed by atoms with E-state index >= 15 is 0 Å². The normalized spacial score (nSPS) is 10.9. The third-order valence-corrected chi connectivity index (χ3v) is 7.98. The summed E-state index contributed by atoms with van der Waals surface area (Å²) in [4.78, 5) is 25.7. The van der Waals surface area contributed by atoms with Gasteiger partial charge in [0, 0.05) is 56.8 Å². The summed E-state index contributed by atoms with van der Waals surface area (Å²) in [5.41, 5.74) is 5.12. The van der Waals surface area contributed by atoms with Crippen LogP contribution in [0.15, 0.2) is 176 Å². The molecule has 0 aliphatic heterocycles. The first kappa shape index (κ1) is 48.1. The van der Waals surface area contributed by atoms with Crippen LogP contribution in [0.3, 0.4) is 0 Å². The zero-order chi connectivity index (χ0) is 42.6. The molecule has 0 saturated carbocycles. The van der Waals surface area contributed by atoms with Crippen molar-refractivity contribution < 1.29 is 47.9 Å². The summed E-state index contributed by atoms with van der Waals surface area (Å²) in [5.74, 6) is 4.89. The summed E-state index contributed by atoms with van der Waals surface area (Å²) < 4.78 is 30.5. The van der Waals surface area contributed by atoms with Crippen molar-refractivity contribution in [2.45, 2.75) is 0 Å². The molecule has 0 spiro atoms. The van der Waals surface area contributed by atoms with Gasteiger partial charge in [0.15, 0.2) is 0 Å². The molecular weight excluding hydrogens is 858 g/mol. The van der Waals surface area contributed by atoms with Crippen molar-refractivity contribution in [1.82, 2.24) is 0 Å². The second-order valence-corrected chi connectivity index (χ2v) is 11.9. The molecule has 0 radical (unpaired) electrons. The number of hydrogen-bond acceptors (Lipinski definition) is 12. The summed E-state index contributed by atoms with van der Waals surface area (Å²) in [6.45, 7) is 0. The molecule has 12 nitrogen and oxygen atoms in total. The van der Waals surface area contributed by atoms with Gasteiger partial charge in [0.05, 0.1) is 76.8 Å². The van der Waals surface area contributed by atoms with E-state index in [0.29, 0.717) is 0 Å². The Bertz CT molecular complexity index is 1870. The van der Waals surface area contributed by atoms with Gasteiger partial charge in [0.1, 0.15) is 34.5 Å². The SMILES string of the molecule is COc1ccc(N=CC=Nc2ccc(OC)cc2)cc1.COc1ccc(N=CC=Nc2ccc(OC)cc2)cc1.COc1ccc(N=CC=Nc2ccc(OC)cc2)cc1.[Ru]. The fourth-order valence-corrected chi connectivity index (χ4v) is 4.73. The number of hydrogen-bond donors (Lipinski definition) is 0. The maximum absolute atomic E-state index is 5.08. The van der Waals surface area contributed by atoms with Crippen molar-refractivity contribution in [3.05, 3.63) is 146 Å². The molecule has 0 amide bonds. The monoisotopic (exact) mass is 906 g/mol. The molecule has 6 rings (SSSR count). The average Bonchev–Trinajstić information content (AvgIpc) is 3.32. The van der Waals surface area contributed by atoms with Crippen molar-refractivity contribution in [3.8, 4) is 34.5 Å². The third-order valence-electron chi connectivity index (χ3n) is 7.98. The fourth-order valence-electron chi connectivity index (χ4n) is 4.73. The molecule has 0 bridgehead atoms. The Morgan fingerprint density at radius 2 is 0.344 bits per heavy atom. The van der Waals surface area contributed by atoms with Gasteiger partial charge in [-0.15, -0.1) is 0 Å². The Morgan fingerprint density at radius 1 is 0.230 bits per heavy atom. The molecule has 6 aromatic carbocycles. The molecule has 61 heavy (non-hydrogen) atoms. The molecule has 6 aromatic rings. The van der Waals surface area contributed by atoms with Gasteiger partial charge in [-0.25, -0.2) is 0 Å². The number of benzene rings is 6. The summed E-state index contributed by atoms with van der Waals surface area (Å²) in [5, 5.41) is 0. The minimum absolute atomic E-state index is 0. The summed E-state index contributed by atoms with van der Waals surface area (Å²) in [6.07, 6.45) is 9.95. The first-order chi connectivity index (χ1) is 29.4. The topological polar surface area (TPSA) is 130 Å². The molecule has 0 aliphatic carbocycles. The molecule has 0 N–H and O–H groups in total. The zero-order valence-corrected chi connectivity index (χ0v) is 36.5. The molecule has 0 aromatic heterocycles. The van der Waals surface area contributed by atoms with Crippen LogP contribution in [-0.4, -0.2) is 79.9 Å². The molecular formula is C48H48N6O6Ru. The van der Waals surface area contributed by atoms with Gasteiger partial charge in [-0.05, 0) is 146 Å². The number of nitrogens with zero attached hydrogens (tertiary/aromatic N) is 6. The largest absolute Gasteiger partial charge is 0.497 e. The Hall–Kier alpha value is -7.24. The Kier molecular flexibility index (Phi) is 22.3. The van der Waals surface area contributed by atoms with Gasteiger partial charge in [-0.1, -0.05) is 0 Å². The van der Waals surface area contributed by atoms with Crippen LogP contribution in [0.5, 0.6) is 34.5 Å². The van der Waals surface area contributed by atoms with Crippen molar-refractivity contribution in [2.75, 3.05) is 42.7 Å². The number of methoxy groups -OCH3 is 6. The quantitative estimate of drug-likeness (QED) is 0.0745. The zero-order valence-electron chi connectivity index (χ0n) is 34.8. The predicted molar refractivity (Wildman–Crippen MR) is 247 cm³/mol. The summed E-state index contributed by atoms with van der Waals surface area (Å²) in [7, 11) is 9.83. The van der Waals surface area contributed by atoms with Crippen LogP contribution in [0, 0.1) is 0 Å². The summed E-state index contributed by atoms with van der Waals surface area (Å²) >= 11 is 0. The van der Waals surface area contributed by atoms with E-state index in [-0.39, 0.29) is 19.5 Å². The van der Waals surface area contributed by atoms with Gasteiger partial charge in [0.25, 0.3) is 0 Å². The van der Waals surface area contributed by atoms with Gasteiger partial charge < -0.3 is 28.4 Å². The molecule has 0 fully saturated rings. The van der Waals surface area contributed by atoms with Crippen molar-refractivity contribution >= 4 is 71.4 Å². The predicted octanol–water partition coefficient (Wildman–Crippen LogP) is 11.4. The molecule has 0 heterocycles. The van der Waals surface area contributed by atoms with E-state index in [2.05, 4.69) is 30.0 Å². The third kappa shape index (κ3) is 18.5. The fraction of sp³-hybridized carbons (Fsp3) is 0.125. The van der Waals surface area contributed by atoms with Gasteiger partial charge in [-0.2, -0.15) is 0 Å². The van der Waals surface area contributed by atoms with Gasteiger partial charge >= 0.3 is 0 Å². The maximum Gasteiger partial charge on any atom is 0.119 e. The molecule has 0 saturated heterocycles. The average molecular weight is 906 g/mol. The van der Waals surface area contributed by atoms with Crippen LogP contribution in [0.4, 0.5) is 34.1 Å². The van der Waals surface area contributed by atoms with E-state index < -0.39 is 0 Å². The molecule has 13 heteroatoms. The molecule has 0 aliphatic rings. The van der Waals surface area contributed by atoms with Gasteiger partial charge in [-0.3, -0.25) is 30.0 Å². The van der Waals surface area contributed by atoms with Crippen LogP contribution in [0.25, 0.3) is 0 Å². The van der Waals surface area contributed by atoms with Crippen LogP contribution < -0.4 is 28.4 Å². The maximum atomic E-state index is 5.08. The standard InChI is InChI=1S/3C16H16N2O2.Ru/c3*1-19-15-7-3-13(4-8-15)17-11-12-18-14-5-9-16(20-2)10-6-14;/h3*3-12H,1-2H3;. The Labute approximate surface area is 370 Å². The van der Waals surface area contributed by atoms with Crippen LogP contribution in [0.2, 0.25) is 0 Å². The second kappa shape index (κ2) is 28.2. The van der Waals surface area contributed by atoms with Crippen molar-refractivity contribution in [1.29, 1.82) is 0 Å². The number of rotatable bonds is 15. The van der Waals surface area contributed by atoms with Gasteiger partial charge in [0.2, 0.25) is 0 Å². The van der Waals surface area contributed by atoms with Crippen LogP contribution in [-0.2, 0) is 19.5 Å². The smallest absolute Gasteiger partial charge is 0.119 e. The van der Waals surface area contributed by atoms with E-state index in [1.807, 2.05) is 146 Å². The van der Waals surface area contributed by atoms with E-state index in [4.69, 9.17) is 28.4 Å². The van der Waals surface area contributed by atoms with Crippen LogP contribution >= 0.6 is 0 Å². The van der Waals surface area contributed by atoms with Crippen LogP contribution in [0.1, 0.15) is 0 Å². The first-order valence-electron chi connectivity index (χ1n) is 18.5. The Morgan fingerprint density at radius 3 is 0.443 bits per heavy atom. The van der Waals surface area contributed by atoms with Crippen molar-refractivity contribution in [2.24, 2.45) is 30.0 Å². The van der Waals surface area contributed by atoms with Crippen molar-refractivity contribution in [3.63, 3.8) is 0 Å². The summed E-state index contributed by atoms with van der Waals surface area (Å²) in [6, 6.07) is 45.0. The molecule has 314 valence electrons. The minimum atomic E-state index is 0. The number of ether oxygens (including phenoxy) is 6. The number of aliphatic imine (C=N–C) groups is 6.